The average molecular weight is 464 g/mol. The Labute approximate surface area is 201 Å². The molecule has 6 rings (SSSR count). The van der Waals surface area contributed by atoms with E-state index in [-0.39, 0.29) is 24.3 Å². The van der Waals surface area contributed by atoms with Crippen molar-refractivity contribution in [1.82, 2.24) is 14.5 Å². The summed E-state index contributed by atoms with van der Waals surface area (Å²) in [6.45, 7) is 1.01. The maximum atomic E-state index is 12.8. The standard InChI is InChI=1S/C27H20N4O4/c28-14-19-4-1-2-5-21(19)17-7-8-22-18(12-17)9-11-31-23(22)13-25(30-27(31)32)33-15-20-16-34-26-24(35-20)6-3-10-29-26/h1-8,10,12-13,20H,9,11,15-16H2. The molecular weight excluding hydrogens is 444 g/mol. The van der Waals surface area contributed by atoms with E-state index in [4.69, 9.17) is 14.2 Å². The summed E-state index contributed by atoms with van der Waals surface area (Å²) in [4.78, 5) is 21.0. The van der Waals surface area contributed by atoms with Gasteiger partial charge in [0, 0.05) is 24.4 Å². The van der Waals surface area contributed by atoms with Crippen LogP contribution in [-0.2, 0) is 13.0 Å². The lowest BCUT2D eigenvalue weighted by atomic mass is 9.92. The summed E-state index contributed by atoms with van der Waals surface area (Å²) in [5.74, 6) is 1.27. The van der Waals surface area contributed by atoms with Crippen LogP contribution >= 0.6 is 0 Å². The predicted octanol–water partition coefficient (Wildman–Crippen LogP) is 3.62. The molecule has 0 amide bonds. The highest BCUT2D eigenvalue weighted by atomic mass is 16.6. The molecule has 35 heavy (non-hydrogen) atoms. The topological polar surface area (TPSA) is 99.3 Å². The van der Waals surface area contributed by atoms with Crippen LogP contribution < -0.4 is 19.9 Å². The third-order valence-electron chi connectivity index (χ3n) is 6.19. The minimum absolute atomic E-state index is 0.182. The zero-order valence-corrected chi connectivity index (χ0v) is 18.7. The minimum Gasteiger partial charge on any atom is -0.478 e. The molecule has 0 spiro atoms. The van der Waals surface area contributed by atoms with E-state index >= 15 is 0 Å². The van der Waals surface area contributed by atoms with Gasteiger partial charge in [-0.3, -0.25) is 4.57 Å². The molecule has 8 heteroatoms. The first-order chi connectivity index (χ1) is 17.2. The summed E-state index contributed by atoms with van der Waals surface area (Å²) >= 11 is 0. The van der Waals surface area contributed by atoms with Crippen LogP contribution in [0, 0.1) is 11.3 Å². The molecule has 2 aliphatic rings. The number of aryl methyl sites for hydroxylation is 1. The van der Waals surface area contributed by atoms with Crippen molar-refractivity contribution in [2.75, 3.05) is 13.2 Å². The minimum atomic E-state index is -0.350. The van der Waals surface area contributed by atoms with E-state index in [0.29, 0.717) is 36.8 Å². The second-order valence-electron chi connectivity index (χ2n) is 8.36. The highest BCUT2D eigenvalue weighted by Crippen LogP contribution is 2.34. The molecule has 0 N–H and O–H groups in total. The Morgan fingerprint density at radius 3 is 2.94 bits per heavy atom. The van der Waals surface area contributed by atoms with Gasteiger partial charge in [0.1, 0.15) is 13.2 Å². The molecule has 2 aromatic carbocycles. The second kappa shape index (κ2) is 8.61. The Balaban J connectivity index is 1.27. The quantitative estimate of drug-likeness (QED) is 0.455. The number of aromatic nitrogens is 3. The van der Waals surface area contributed by atoms with E-state index < -0.39 is 0 Å². The van der Waals surface area contributed by atoms with Gasteiger partial charge in [0.2, 0.25) is 5.88 Å². The van der Waals surface area contributed by atoms with E-state index in [2.05, 4.69) is 22.1 Å². The van der Waals surface area contributed by atoms with E-state index in [1.807, 2.05) is 36.4 Å². The number of pyridine rings is 1. The summed E-state index contributed by atoms with van der Waals surface area (Å²) in [6.07, 6.45) is 2.00. The lowest BCUT2D eigenvalue weighted by Gasteiger charge is -2.26. The summed E-state index contributed by atoms with van der Waals surface area (Å²) in [5.41, 5.74) is 4.98. The Bertz CT molecular complexity index is 1540. The van der Waals surface area contributed by atoms with Crippen molar-refractivity contribution < 1.29 is 14.2 Å². The monoisotopic (exact) mass is 464 g/mol. The molecule has 1 atom stereocenters. The van der Waals surface area contributed by atoms with Gasteiger partial charge in [-0.1, -0.05) is 36.4 Å². The number of hydrogen-bond acceptors (Lipinski definition) is 7. The van der Waals surface area contributed by atoms with Crippen LogP contribution in [-0.4, -0.2) is 33.9 Å². The number of benzene rings is 2. The van der Waals surface area contributed by atoms with Gasteiger partial charge in [0.15, 0.2) is 11.9 Å². The largest absolute Gasteiger partial charge is 0.478 e. The van der Waals surface area contributed by atoms with E-state index in [0.717, 1.165) is 27.9 Å². The third kappa shape index (κ3) is 3.87. The fraction of sp³-hybridized carbons (Fsp3) is 0.185. The van der Waals surface area contributed by atoms with Gasteiger partial charge in [-0.25, -0.2) is 9.78 Å². The Kier molecular flexibility index (Phi) is 5.15. The fourth-order valence-corrected chi connectivity index (χ4v) is 4.50. The van der Waals surface area contributed by atoms with Crippen LogP contribution in [0.3, 0.4) is 0 Å². The second-order valence-corrected chi connectivity index (χ2v) is 8.36. The average Bonchev–Trinajstić information content (AvgIpc) is 2.91. The Morgan fingerprint density at radius 1 is 1.11 bits per heavy atom. The summed E-state index contributed by atoms with van der Waals surface area (Å²) in [5, 5.41) is 9.47. The Hall–Kier alpha value is -4.64. The molecule has 172 valence electrons. The van der Waals surface area contributed by atoms with Crippen molar-refractivity contribution in [3.05, 3.63) is 88.5 Å². The van der Waals surface area contributed by atoms with Crippen LogP contribution in [0.25, 0.3) is 22.4 Å². The van der Waals surface area contributed by atoms with Crippen molar-refractivity contribution in [2.24, 2.45) is 0 Å². The predicted molar refractivity (Wildman–Crippen MR) is 127 cm³/mol. The maximum absolute atomic E-state index is 12.8. The molecule has 4 aromatic rings. The third-order valence-corrected chi connectivity index (χ3v) is 6.19. The van der Waals surface area contributed by atoms with Gasteiger partial charge in [0.25, 0.3) is 5.88 Å². The highest BCUT2D eigenvalue weighted by Gasteiger charge is 2.24. The van der Waals surface area contributed by atoms with Gasteiger partial charge in [-0.05, 0) is 41.3 Å². The molecule has 0 radical (unpaired) electrons. The molecule has 2 aliphatic heterocycles. The van der Waals surface area contributed by atoms with Crippen molar-refractivity contribution >= 4 is 0 Å². The van der Waals surface area contributed by atoms with Crippen molar-refractivity contribution in [1.29, 1.82) is 5.26 Å². The van der Waals surface area contributed by atoms with Gasteiger partial charge in [-0.15, -0.1) is 0 Å². The highest BCUT2D eigenvalue weighted by molar-refractivity contribution is 5.76. The molecule has 0 saturated heterocycles. The molecule has 0 aliphatic carbocycles. The summed E-state index contributed by atoms with van der Waals surface area (Å²) in [6, 6.07) is 21.2. The van der Waals surface area contributed by atoms with Crippen molar-refractivity contribution in [2.45, 2.75) is 19.1 Å². The first kappa shape index (κ1) is 20.9. The normalized spacial score (nSPS) is 15.5. The van der Waals surface area contributed by atoms with Gasteiger partial charge < -0.3 is 14.2 Å². The number of rotatable bonds is 4. The number of ether oxygens (including phenoxy) is 3. The zero-order chi connectivity index (χ0) is 23.8. The zero-order valence-electron chi connectivity index (χ0n) is 18.7. The number of nitrogens with zero attached hydrogens (tertiary/aromatic N) is 4. The molecule has 0 bridgehead atoms. The maximum Gasteiger partial charge on any atom is 0.351 e. The molecule has 1 unspecified atom stereocenters. The van der Waals surface area contributed by atoms with Crippen molar-refractivity contribution in [3.63, 3.8) is 0 Å². The van der Waals surface area contributed by atoms with Crippen LogP contribution in [0.1, 0.15) is 11.1 Å². The smallest absolute Gasteiger partial charge is 0.351 e. The summed E-state index contributed by atoms with van der Waals surface area (Å²) < 4.78 is 19.0. The van der Waals surface area contributed by atoms with Crippen LogP contribution in [0.4, 0.5) is 0 Å². The Morgan fingerprint density at radius 2 is 2.03 bits per heavy atom. The lowest BCUT2D eigenvalue weighted by Crippen LogP contribution is -2.35. The first-order valence-corrected chi connectivity index (χ1v) is 11.3. The molecular formula is C27H20N4O4. The lowest BCUT2D eigenvalue weighted by molar-refractivity contribution is 0.0486. The fourth-order valence-electron chi connectivity index (χ4n) is 4.50. The molecule has 4 heterocycles. The van der Waals surface area contributed by atoms with Gasteiger partial charge in [0.05, 0.1) is 17.3 Å². The van der Waals surface area contributed by atoms with Crippen LogP contribution in [0.2, 0.25) is 0 Å². The summed E-state index contributed by atoms with van der Waals surface area (Å²) in [7, 11) is 0. The van der Waals surface area contributed by atoms with Crippen LogP contribution in [0.5, 0.6) is 17.5 Å². The van der Waals surface area contributed by atoms with E-state index in [9.17, 15) is 10.1 Å². The number of fused-ring (bicyclic) bond motifs is 4. The van der Waals surface area contributed by atoms with E-state index in [1.165, 1.54) is 0 Å². The number of hydrogen-bond donors (Lipinski definition) is 0. The van der Waals surface area contributed by atoms with E-state index in [1.54, 1.807) is 29.0 Å². The number of nitriles is 1. The van der Waals surface area contributed by atoms with Gasteiger partial charge in [-0.2, -0.15) is 10.2 Å². The first-order valence-electron chi connectivity index (χ1n) is 11.3. The van der Waals surface area contributed by atoms with Crippen LogP contribution in [0.15, 0.2) is 71.7 Å². The molecule has 2 aromatic heterocycles. The van der Waals surface area contributed by atoms with Crippen molar-refractivity contribution in [3.8, 4) is 46.0 Å². The molecule has 8 nitrogen and oxygen atoms in total. The molecule has 0 saturated carbocycles. The molecule has 0 fully saturated rings. The van der Waals surface area contributed by atoms with Gasteiger partial charge >= 0.3 is 5.69 Å². The SMILES string of the molecule is N#Cc1ccccc1-c1ccc2c(c1)CCn1c-2cc(OCC2COc3ncccc3O2)nc1=O.